The first-order valence-corrected chi connectivity index (χ1v) is 7.06. The third kappa shape index (κ3) is 3.37. The maximum Gasteiger partial charge on any atom is 0.0819 e. The first-order chi connectivity index (χ1) is 8.18. The average Bonchev–Trinajstić information content (AvgIpc) is 2.79. The van der Waals surface area contributed by atoms with Crippen molar-refractivity contribution in [2.24, 2.45) is 5.92 Å². The zero-order valence-electron chi connectivity index (χ0n) is 9.83. The van der Waals surface area contributed by atoms with Gasteiger partial charge in [-0.25, -0.2) is 0 Å². The van der Waals surface area contributed by atoms with Crippen LogP contribution in [0.4, 0.5) is 0 Å². The molecule has 0 amide bonds. The Bertz CT molecular complexity index is 352. The molecule has 1 fully saturated rings. The minimum Gasteiger partial charge on any atom is -0.388 e. The summed E-state index contributed by atoms with van der Waals surface area (Å²) in [5.74, 6) is 0.783. The van der Waals surface area contributed by atoms with Crippen LogP contribution in [0.5, 0.6) is 0 Å². The summed E-state index contributed by atoms with van der Waals surface area (Å²) in [5.41, 5.74) is 0.689. The second kappa shape index (κ2) is 6.08. The van der Waals surface area contributed by atoms with Crippen LogP contribution in [0.3, 0.4) is 0 Å². The number of hydrogen-bond donors (Lipinski definition) is 1. The summed E-state index contributed by atoms with van der Waals surface area (Å²) in [6, 6.07) is 5.36. The maximum atomic E-state index is 10.2. The third-order valence-electron chi connectivity index (χ3n) is 3.66. The molecule has 0 heterocycles. The fourth-order valence-electron chi connectivity index (χ4n) is 2.67. The Morgan fingerprint density at radius 1 is 1.18 bits per heavy atom. The van der Waals surface area contributed by atoms with E-state index in [0.29, 0.717) is 15.6 Å². The molecule has 0 spiro atoms. The Morgan fingerprint density at radius 2 is 1.76 bits per heavy atom. The van der Waals surface area contributed by atoms with Crippen LogP contribution in [-0.2, 0) is 0 Å². The van der Waals surface area contributed by atoms with Gasteiger partial charge in [-0.05, 0) is 30.9 Å². The van der Waals surface area contributed by atoms with Gasteiger partial charge in [0, 0.05) is 15.6 Å². The van der Waals surface area contributed by atoms with Gasteiger partial charge < -0.3 is 5.11 Å². The molecule has 0 aliphatic heterocycles. The van der Waals surface area contributed by atoms with E-state index < -0.39 is 6.10 Å². The summed E-state index contributed by atoms with van der Waals surface area (Å²) >= 11 is 12.2. The van der Waals surface area contributed by atoms with E-state index in [1.165, 1.54) is 25.7 Å². The predicted molar refractivity (Wildman–Crippen MR) is 72.6 cm³/mol. The topological polar surface area (TPSA) is 20.2 Å². The number of halogens is 2. The fourth-order valence-corrected chi connectivity index (χ4v) is 3.32. The summed E-state index contributed by atoms with van der Waals surface area (Å²) in [6.45, 7) is 0. The average molecular weight is 273 g/mol. The Morgan fingerprint density at radius 3 is 2.35 bits per heavy atom. The zero-order chi connectivity index (χ0) is 12.3. The molecule has 1 aromatic rings. The van der Waals surface area contributed by atoms with Gasteiger partial charge in [0.25, 0.3) is 0 Å². The standard InChI is InChI=1S/C14H18Cl2O/c15-11-6-3-7-12(16)14(11)13(17)9-8-10-4-1-2-5-10/h3,6-7,10,13,17H,1-2,4-5,8-9H2. The van der Waals surface area contributed by atoms with E-state index in [1.54, 1.807) is 18.2 Å². The van der Waals surface area contributed by atoms with Gasteiger partial charge in [0.15, 0.2) is 0 Å². The summed E-state index contributed by atoms with van der Waals surface area (Å²) in [4.78, 5) is 0. The lowest BCUT2D eigenvalue weighted by molar-refractivity contribution is 0.157. The van der Waals surface area contributed by atoms with Gasteiger partial charge in [-0.1, -0.05) is 55.0 Å². The van der Waals surface area contributed by atoms with Crippen molar-refractivity contribution >= 4 is 23.2 Å². The van der Waals surface area contributed by atoms with E-state index in [4.69, 9.17) is 23.2 Å². The van der Waals surface area contributed by atoms with E-state index in [1.807, 2.05) is 0 Å². The molecule has 0 aromatic heterocycles. The molecule has 1 saturated carbocycles. The number of benzene rings is 1. The molecule has 0 radical (unpaired) electrons. The van der Waals surface area contributed by atoms with Crippen LogP contribution in [0.2, 0.25) is 10.0 Å². The van der Waals surface area contributed by atoms with Crippen LogP contribution in [0.1, 0.15) is 50.2 Å². The minimum absolute atomic E-state index is 0.531. The van der Waals surface area contributed by atoms with Crippen LogP contribution in [-0.4, -0.2) is 5.11 Å². The molecule has 1 nitrogen and oxygen atoms in total. The second-order valence-electron chi connectivity index (χ2n) is 4.88. The molecule has 17 heavy (non-hydrogen) atoms. The molecule has 1 N–H and O–H groups in total. The SMILES string of the molecule is OC(CCC1CCCC1)c1c(Cl)cccc1Cl. The van der Waals surface area contributed by atoms with Crippen molar-refractivity contribution < 1.29 is 5.11 Å². The van der Waals surface area contributed by atoms with Gasteiger partial charge in [0.1, 0.15) is 0 Å². The number of rotatable bonds is 4. The van der Waals surface area contributed by atoms with Gasteiger partial charge >= 0.3 is 0 Å². The van der Waals surface area contributed by atoms with Crippen molar-refractivity contribution in [1.29, 1.82) is 0 Å². The maximum absolute atomic E-state index is 10.2. The van der Waals surface area contributed by atoms with E-state index in [9.17, 15) is 5.11 Å². The molecule has 1 unspecified atom stereocenters. The van der Waals surface area contributed by atoms with Gasteiger partial charge in [-0.3, -0.25) is 0 Å². The Labute approximate surface area is 113 Å². The lowest BCUT2D eigenvalue weighted by Crippen LogP contribution is -2.03. The number of hydrogen-bond acceptors (Lipinski definition) is 1. The van der Waals surface area contributed by atoms with Crippen molar-refractivity contribution in [2.45, 2.75) is 44.6 Å². The first-order valence-electron chi connectivity index (χ1n) is 6.30. The van der Waals surface area contributed by atoms with E-state index >= 15 is 0 Å². The Balaban J connectivity index is 1.96. The van der Waals surface area contributed by atoms with Crippen molar-refractivity contribution in [3.05, 3.63) is 33.8 Å². The van der Waals surface area contributed by atoms with E-state index in [2.05, 4.69) is 0 Å². The normalized spacial score (nSPS) is 18.5. The highest BCUT2D eigenvalue weighted by Gasteiger charge is 2.19. The van der Waals surface area contributed by atoms with Gasteiger partial charge in [-0.2, -0.15) is 0 Å². The van der Waals surface area contributed by atoms with Crippen LogP contribution < -0.4 is 0 Å². The fraction of sp³-hybridized carbons (Fsp3) is 0.571. The monoisotopic (exact) mass is 272 g/mol. The van der Waals surface area contributed by atoms with Crippen molar-refractivity contribution in [3.8, 4) is 0 Å². The Hall–Kier alpha value is -0.240. The summed E-state index contributed by atoms with van der Waals surface area (Å²) in [7, 11) is 0. The van der Waals surface area contributed by atoms with Crippen molar-refractivity contribution in [2.75, 3.05) is 0 Å². The molecule has 2 rings (SSSR count). The molecule has 1 atom stereocenters. The highest BCUT2D eigenvalue weighted by Crippen LogP contribution is 2.35. The van der Waals surface area contributed by atoms with E-state index in [0.717, 1.165) is 18.8 Å². The van der Waals surface area contributed by atoms with Gasteiger partial charge in [0.2, 0.25) is 0 Å². The highest BCUT2D eigenvalue weighted by atomic mass is 35.5. The molecule has 94 valence electrons. The molecular weight excluding hydrogens is 255 g/mol. The van der Waals surface area contributed by atoms with Crippen LogP contribution in [0.15, 0.2) is 18.2 Å². The molecule has 1 aliphatic rings. The molecule has 1 aliphatic carbocycles. The van der Waals surface area contributed by atoms with Gasteiger partial charge in [-0.15, -0.1) is 0 Å². The van der Waals surface area contributed by atoms with Crippen LogP contribution in [0.25, 0.3) is 0 Å². The zero-order valence-corrected chi connectivity index (χ0v) is 11.3. The molecule has 0 saturated heterocycles. The first kappa shape index (κ1) is 13.2. The number of aliphatic hydroxyl groups is 1. The largest absolute Gasteiger partial charge is 0.388 e. The minimum atomic E-state index is -0.531. The van der Waals surface area contributed by atoms with Crippen LogP contribution >= 0.6 is 23.2 Å². The summed E-state index contributed by atoms with van der Waals surface area (Å²) in [6.07, 6.45) is 6.60. The molecule has 3 heteroatoms. The molecule has 0 bridgehead atoms. The second-order valence-corrected chi connectivity index (χ2v) is 5.69. The quantitative estimate of drug-likeness (QED) is 0.818. The summed E-state index contributed by atoms with van der Waals surface area (Å²) < 4.78 is 0. The Kier molecular flexibility index (Phi) is 4.72. The lowest BCUT2D eigenvalue weighted by atomic mass is 9.96. The predicted octanol–water partition coefficient (Wildman–Crippen LogP) is 5.00. The van der Waals surface area contributed by atoms with Gasteiger partial charge in [0.05, 0.1) is 6.10 Å². The smallest absolute Gasteiger partial charge is 0.0819 e. The van der Waals surface area contributed by atoms with E-state index in [-0.39, 0.29) is 0 Å². The molecular formula is C14H18Cl2O. The highest BCUT2D eigenvalue weighted by molar-refractivity contribution is 6.36. The lowest BCUT2D eigenvalue weighted by Gasteiger charge is -2.16. The van der Waals surface area contributed by atoms with Crippen molar-refractivity contribution in [1.82, 2.24) is 0 Å². The third-order valence-corrected chi connectivity index (χ3v) is 4.32. The number of aliphatic hydroxyl groups excluding tert-OH is 1. The van der Waals surface area contributed by atoms with Crippen molar-refractivity contribution in [3.63, 3.8) is 0 Å². The summed E-state index contributed by atoms with van der Waals surface area (Å²) in [5, 5.41) is 11.3. The molecule has 1 aromatic carbocycles. The van der Waals surface area contributed by atoms with Crippen LogP contribution in [0, 0.1) is 5.92 Å².